The molecule has 0 unspecified atom stereocenters. The van der Waals surface area contributed by atoms with Crippen molar-refractivity contribution in [1.82, 2.24) is 9.27 Å². The van der Waals surface area contributed by atoms with Crippen LogP contribution in [0.25, 0.3) is 0 Å². The number of carbonyl (C=O) groups is 1. The summed E-state index contributed by atoms with van der Waals surface area (Å²) in [4.78, 5) is 15.2. The van der Waals surface area contributed by atoms with E-state index in [1.54, 1.807) is 11.8 Å². The first-order valence-corrected chi connectivity index (χ1v) is 9.13. The maximum absolute atomic E-state index is 11.8. The lowest BCUT2D eigenvalue weighted by molar-refractivity contribution is 0.105. The van der Waals surface area contributed by atoms with Gasteiger partial charge >= 0.3 is 6.09 Å². The van der Waals surface area contributed by atoms with E-state index in [9.17, 15) is 13.2 Å². The van der Waals surface area contributed by atoms with E-state index in [2.05, 4.69) is 4.37 Å². The summed E-state index contributed by atoms with van der Waals surface area (Å²) in [7, 11) is -3.43. The Bertz CT molecular complexity index is 620. The second-order valence-corrected chi connectivity index (χ2v) is 7.35. The average molecular weight is 334 g/mol. The van der Waals surface area contributed by atoms with Gasteiger partial charge in [-0.3, -0.25) is 0 Å². The highest BCUT2D eigenvalue weighted by atomic mass is 32.2. The van der Waals surface area contributed by atoms with E-state index in [4.69, 9.17) is 10.5 Å². The van der Waals surface area contributed by atoms with Gasteiger partial charge in [0, 0.05) is 32.4 Å². The van der Waals surface area contributed by atoms with Crippen LogP contribution in [-0.2, 0) is 14.6 Å². The van der Waals surface area contributed by atoms with Gasteiger partial charge in [-0.05, 0) is 18.5 Å². The van der Waals surface area contributed by atoms with Crippen LogP contribution in [-0.4, -0.2) is 62.8 Å². The van der Waals surface area contributed by atoms with Gasteiger partial charge in [-0.25, -0.2) is 13.2 Å². The smallest absolute Gasteiger partial charge is 0.409 e. The zero-order valence-corrected chi connectivity index (χ0v) is 13.5. The molecule has 1 amide bonds. The number of sulfone groups is 1. The minimum absolute atomic E-state index is 0.0327. The Kier molecular flexibility index (Phi) is 4.57. The maximum atomic E-state index is 11.8. The van der Waals surface area contributed by atoms with E-state index in [0.717, 1.165) is 17.8 Å². The van der Waals surface area contributed by atoms with Crippen LogP contribution in [0.3, 0.4) is 0 Å². The van der Waals surface area contributed by atoms with Crippen LogP contribution in [0, 0.1) is 0 Å². The van der Waals surface area contributed by atoms with Crippen LogP contribution in [0.4, 0.5) is 15.6 Å². The van der Waals surface area contributed by atoms with E-state index in [1.807, 2.05) is 4.90 Å². The number of piperazine rings is 1. The third-order valence-electron chi connectivity index (χ3n) is 3.12. The summed E-state index contributed by atoms with van der Waals surface area (Å²) in [6.07, 6.45) is 0.773. The number of rotatable bonds is 3. The van der Waals surface area contributed by atoms with Crippen LogP contribution in [0.2, 0.25) is 0 Å². The summed E-state index contributed by atoms with van der Waals surface area (Å²) in [5, 5.41) is 0.540. The largest absolute Gasteiger partial charge is 0.450 e. The summed E-state index contributed by atoms with van der Waals surface area (Å²) >= 11 is 1.07. The number of amides is 1. The summed E-state index contributed by atoms with van der Waals surface area (Å²) in [5.74, 6) is 0.0327. The minimum Gasteiger partial charge on any atom is -0.450 e. The topological polar surface area (TPSA) is 106 Å². The number of aromatic nitrogens is 1. The number of hydrogen-bond acceptors (Lipinski definition) is 8. The van der Waals surface area contributed by atoms with Crippen molar-refractivity contribution in [1.29, 1.82) is 0 Å². The quantitative estimate of drug-likeness (QED) is 0.853. The molecular formula is C11H18N4O4S2. The lowest BCUT2D eigenvalue weighted by atomic mass is 10.3. The second kappa shape index (κ2) is 6.06. The van der Waals surface area contributed by atoms with Crippen molar-refractivity contribution in [3.8, 4) is 0 Å². The van der Waals surface area contributed by atoms with E-state index in [-0.39, 0.29) is 16.8 Å². The summed E-state index contributed by atoms with van der Waals surface area (Å²) in [6, 6.07) is 0. The maximum Gasteiger partial charge on any atom is 0.409 e. The van der Waals surface area contributed by atoms with Gasteiger partial charge in [-0.1, -0.05) is 0 Å². The summed E-state index contributed by atoms with van der Waals surface area (Å²) < 4.78 is 32.5. The van der Waals surface area contributed by atoms with Gasteiger partial charge in [0.25, 0.3) is 0 Å². The Labute approximate surface area is 127 Å². The highest BCUT2D eigenvalue weighted by molar-refractivity contribution is 7.91. The average Bonchev–Trinajstić information content (AvgIpc) is 2.81. The van der Waals surface area contributed by atoms with Crippen molar-refractivity contribution in [3.05, 3.63) is 0 Å². The van der Waals surface area contributed by atoms with Crippen molar-refractivity contribution in [3.63, 3.8) is 0 Å². The summed E-state index contributed by atoms with van der Waals surface area (Å²) in [6.45, 7) is 4.07. The highest BCUT2D eigenvalue weighted by Gasteiger charge is 2.29. The molecular weight excluding hydrogens is 316 g/mol. The first-order valence-electron chi connectivity index (χ1n) is 6.46. The number of ether oxygens (including phenoxy) is 1. The fourth-order valence-electron chi connectivity index (χ4n) is 2.14. The molecule has 10 heteroatoms. The van der Waals surface area contributed by atoms with E-state index in [0.29, 0.717) is 37.8 Å². The Hall–Kier alpha value is -1.55. The molecule has 0 aliphatic carbocycles. The van der Waals surface area contributed by atoms with Crippen molar-refractivity contribution < 1.29 is 17.9 Å². The molecule has 0 spiro atoms. The molecule has 2 heterocycles. The molecule has 21 heavy (non-hydrogen) atoms. The van der Waals surface area contributed by atoms with Crippen LogP contribution in [0.1, 0.15) is 6.92 Å². The summed E-state index contributed by atoms with van der Waals surface area (Å²) in [5.41, 5.74) is 5.66. The molecule has 1 aliphatic heterocycles. The number of anilines is 2. The molecule has 1 aliphatic rings. The first-order chi connectivity index (χ1) is 9.84. The van der Waals surface area contributed by atoms with Gasteiger partial charge < -0.3 is 20.3 Å². The molecule has 2 rings (SSSR count). The molecule has 0 atom stereocenters. The van der Waals surface area contributed by atoms with Gasteiger partial charge in [0.1, 0.15) is 9.90 Å². The first kappa shape index (κ1) is 15.8. The molecule has 0 aromatic carbocycles. The van der Waals surface area contributed by atoms with E-state index in [1.165, 1.54) is 0 Å². The molecule has 2 N–H and O–H groups in total. The third kappa shape index (κ3) is 3.38. The third-order valence-corrected chi connectivity index (χ3v) is 5.32. The molecule has 1 aromatic rings. The minimum atomic E-state index is -3.43. The number of carbonyl (C=O) groups excluding carboxylic acids is 1. The van der Waals surface area contributed by atoms with E-state index < -0.39 is 9.84 Å². The van der Waals surface area contributed by atoms with Gasteiger partial charge in [-0.2, -0.15) is 4.37 Å². The molecule has 118 valence electrons. The Morgan fingerprint density at radius 3 is 2.52 bits per heavy atom. The number of nitrogens with zero attached hydrogens (tertiary/aromatic N) is 3. The van der Waals surface area contributed by atoms with Gasteiger partial charge in [-0.15, -0.1) is 0 Å². The lowest BCUT2D eigenvalue weighted by Crippen LogP contribution is -2.49. The van der Waals surface area contributed by atoms with Crippen LogP contribution in [0.15, 0.2) is 4.90 Å². The predicted molar refractivity (Wildman–Crippen MR) is 80.4 cm³/mol. The molecule has 0 bridgehead atoms. The van der Waals surface area contributed by atoms with Gasteiger partial charge in [0.15, 0.2) is 15.7 Å². The van der Waals surface area contributed by atoms with Crippen molar-refractivity contribution >= 4 is 38.3 Å². The van der Waals surface area contributed by atoms with Crippen molar-refractivity contribution in [2.24, 2.45) is 0 Å². The molecule has 0 radical (unpaired) electrons. The van der Waals surface area contributed by atoms with E-state index >= 15 is 0 Å². The van der Waals surface area contributed by atoms with Crippen LogP contribution >= 0.6 is 11.5 Å². The fourth-order valence-corrected chi connectivity index (χ4v) is 4.40. The van der Waals surface area contributed by atoms with Crippen LogP contribution < -0.4 is 10.6 Å². The molecule has 1 aromatic heterocycles. The standard InChI is InChI=1S/C11H18N4O4S2/c1-3-19-11(16)15-6-4-14(5-7-15)10-8(21(2,17)18)9(12)13-20-10/h3-7H2,1-2H3,(H2,12,13). The predicted octanol–water partition coefficient (Wildman–Crippen LogP) is 0.407. The van der Waals surface area contributed by atoms with Gasteiger partial charge in [0.05, 0.1) is 6.61 Å². The SMILES string of the molecule is CCOC(=O)N1CCN(c2snc(N)c2S(C)(=O)=O)CC1. The van der Waals surface area contributed by atoms with Gasteiger partial charge in [0.2, 0.25) is 0 Å². The number of hydrogen-bond donors (Lipinski definition) is 1. The second-order valence-electron chi connectivity index (χ2n) is 4.65. The monoisotopic (exact) mass is 334 g/mol. The van der Waals surface area contributed by atoms with Crippen LogP contribution in [0.5, 0.6) is 0 Å². The molecule has 1 saturated heterocycles. The van der Waals surface area contributed by atoms with Crippen molar-refractivity contribution in [2.75, 3.05) is 49.7 Å². The molecule has 1 fully saturated rings. The highest BCUT2D eigenvalue weighted by Crippen LogP contribution is 2.35. The zero-order valence-electron chi connectivity index (χ0n) is 11.9. The Morgan fingerprint density at radius 2 is 2.00 bits per heavy atom. The Balaban J connectivity index is 2.12. The number of nitrogen functional groups attached to an aromatic ring is 1. The number of nitrogens with two attached hydrogens (primary N) is 1. The normalized spacial score (nSPS) is 16.1. The fraction of sp³-hybridized carbons (Fsp3) is 0.636. The zero-order chi connectivity index (χ0) is 15.6. The molecule has 0 saturated carbocycles. The Morgan fingerprint density at radius 1 is 1.38 bits per heavy atom. The lowest BCUT2D eigenvalue weighted by Gasteiger charge is -2.34. The van der Waals surface area contributed by atoms with Crippen molar-refractivity contribution in [2.45, 2.75) is 11.8 Å². The molecule has 8 nitrogen and oxygen atoms in total.